The molecular weight excluding hydrogens is 316 g/mol. The number of nitrogens with zero attached hydrogens (tertiary/aromatic N) is 4. The van der Waals surface area contributed by atoms with Crippen LogP contribution in [0.15, 0.2) is 5.16 Å². The van der Waals surface area contributed by atoms with Crippen LogP contribution >= 0.6 is 11.8 Å². The maximum Gasteiger partial charge on any atom is 0.373 e. The maximum atomic E-state index is 11.4. The Labute approximate surface area is 129 Å². The number of nitro groups is 1. The molecule has 1 aliphatic rings. The summed E-state index contributed by atoms with van der Waals surface area (Å²) >= 11 is 0.437. The number of thioether (sulfide) groups is 1. The predicted molar refractivity (Wildman–Crippen MR) is 81.7 cm³/mol. The molecule has 0 bridgehead atoms. The quantitative estimate of drug-likeness (QED) is 0.259. The van der Waals surface area contributed by atoms with E-state index in [1.807, 2.05) is 0 Å². The highest BCUT2D eigenvalue weighted by Gasteiger charge is 2.32. The Hall–Kier alpha value is -1.26. The molecule has 2 heterocycles. The zero-order valence-corrected chi connectivity index (χ0v) is 13.4. The third-order valence-corrected chi connectivity index (χ3v) is 4.76. The monoisotopic (exact) mass is 332 g/mol. The van der Waals surface area contributed by atoms with E-state index in [2.05, 4.69) is 9.97 Å². The summed E-state index contributed by atoms with van der Waals surface area (Å²) in [6, 6.07) is 0. The Morgan fingerprint density at radius 2 is 2.10 bits per heavy atom. The van der Waals surface area contributed by atoms with Crippen molar-refractivity contribution < 1.29 is 14.2 Å². The molecule has 1 aromatic heterocycles. The topological polar surface area (TPSA) is 104 Å². The Balaban J connectivity index is 2.45. The summed E-state index contributed by atoms with van der Waals surface area (Å²) in [6.45, 7) is 2.98. The Bertz CT molecular complexity index is 523. The van der Waals surface area contributed by atoms with E-state index in [0.717, 1.165) is 0 Å². The van der Waals surface area contributed by atoms with Crippen molar-refractivity contribution in [3.63, 3.8) is 0 Å². The molecule has 1 fully saturated rings. The Kier molecular flexibility index (Phi) is 5.48. The second-order valence-corrected chi connectivity index (χ2v) is 6.68. The van der Waals surface area contributed by atoms with E-state index in [-0.39, 0.29) is 24.0 Å². The molecular formula is C11H16N4O4S2. The van der Waals surface area contributed by atoms with Crippen LogP contribution in [0.5, 0.6) is 5.88 Å². The van der Waals surface area contributed by atoms with Crippen LogP contribution in [0.2, 0.25) is 0 Å². The fourth-order valence-corrected chi connectivity index (χ4v) is 3.37. The van der Waals surface area contributed by atoms with E-state index in [4.69, 9.17) is 4.74 Å². The molecule has 0 radical (unpaired) electrons. The first kappa shape index (κ1) is 16.1. The van der Waals surface area contributed by atoms with Crippen molar-refractivity contribution in [2.24, 2.45) is 0 Å². The number of rotatable bonds is 5. The second kappa shape index (κ2) is 7.14. The number of ether oxygens (including phenoxy) is 1. The van der Waals surface area contributed by atoms with Crippen LogP contribution in [-0.4, -0.2) is 56.9 Å². The molecule has 0 atom stereocenters. The summed E-state index contributed by atoms with van der Waals surface area (Å²) in [5.74, 6) is 1.21. The number of anilines is 1. The van der Waals surface area contributed by atoms with E-state index < -0.39 is 16.1 Å². The van der Waals surface area contributed by atoms with Crippen molar-refractivity contribution in [1.29, 1.82) is 0 Å². The Morgan fingerprint density at radius 3 is 2.62 bits per heavy atom. The number of hydrogen-bond acceptors (Lipinski definition) is 8. The van der Waals surface area contributed by atoms with Crippen molar-refractivity contribution in [2.45, 2.75) is 12.1 Å². The standard InChI is InChI=1S/C11H16N4O4S2/c1-3-19-10-8(15(16)17)9(12-11(13-10)20-2)14-4-6-21(18)7-5-14/h3-7H2,1-2H3. The van der Waals surface area contributed by atoms with Gasteiger partial charge in [-0.05, 0) is 13.2 Å². The van der Waals surface area contributed by atoms with Crippen LogP contribution in [0, 0.1) is 10.1 Å². The molecule has 1 aliphatic heterocycles. The summed E-state index contributed by atoms with van der Waals surface area (Å²) in [6.07, 6.45) is 1.80. The molecule has 2 rings (SSSR count). The van der Waals surface area contributed by atoms with E-state index in [9.17, 15) is 14.7 Å². The smallest absolute Gasteiger partial charge is 0.373 e. The van der Waals surface area contributed by atoms with Gasteiger partial charge in [-0.3, -0.25) is 10.1 Å². The summed E-state index contributed by atoms with van der Waals surface area (Å²) in [4.78, 5) is 21.0. The molecule has 21 heavy (non-hydrogen) atoms. The average Bonchev–Trinajstić information content (AvgIpc) is 2.47. The van der Waals surface area contributed by atoms with Crippen molar-refractivity contribution in [3.8, 4) is 5.88 Å². The highest BCUT2D eigenvalue weighted by Crippen LogP contribution is 2.36. The zero-order chi connectivity index (χ0) is 15.4. The molecule has 0 unspecified atom stereocenters. The van der Waals surface area contributed by atoms with Crippen molar-refractivity contribution in [3.05, 3.63) is 10.1 Å². The zero-order valence-electron chi connectivity index (χ0n) is 11.8. The minimum absolute atomic E-state index is 0.0106. The minimum Gasteiger partial charge on any atom is -0.616 e. The van der Waals surface area contributed by atoms with E-state index >= 15 is 0 Å². The van der Waals surface area contributed by atoms with Gasteiger partial charge >= 0.3 is 11.6 Å². The SMILES string of the molecule is CCOc1nc(SC)nc(N2CC[S+]([O-])CC2)c1[N+](=O)[O-]. The minimum atomic E-state index is -0.859. The van der Waals surface area contributed by atoms with Crippen LogP contribution in [0.3, 0.4) is 0 Å². The van der Waals surface area contributed by atoms with Crippen LogP contribution < -0.4 is 9.64 Å². The molecule has 0 saturated carbocycles. The molecule has 0 aliphatic carbocycles. The fourth-order valence-electron chi connectivity index (χ4n) is 1.96. The lowest BCUT2D eigenvalue weighted by atomic mass is 10.4. The lowest BCUT2D eigenvalue weighted by Gasteiger charge is -2.28. The van der Waals surface area contributed by atoms with Crippen LogP contribution in [0.4, 0.5) is 11.5 Å². The van der Waals surface area contributed by atoms with Gasteiger partial charge in [-0.25, -0.2) is 0 Å². The summed E-state index contributed by atoms with van der Waals surface area (Å²) in [5, 5.41) is 11.8. The van der Waals surface area contributed by atoms with Gasteiger partial charge in [0, 0.05) is 0 Å². The predicted octanol–water partition coefficient (Wildman–Crippen LogP) is 1.07. The van der Waals surface area contributed by atoms with Crippen molar-refractivity contribution in [2.75, 3.05) is 42.4 Å². The van der Waals surface area contributed by atoms with Crippen LogP contribution in [0.1, 0.15) is 6.92 Å². The van der Waals surface area contributed by atoms with Gasteiger partial charge in [0.1, 0.15) is 11.5 Å². The highest BCUT2D eigenvalue weighted by molar-refractivity contribution is 7.98. The first-order valence-corrected chi connectivity index (χ1v) is 9.11. The van der Waals surface area contributed by atoms with Gasteiger partial charge in [0.25, 0.3) is 0 Å². The summed E-state index contributed by atoms with van der Waals surface area (Å²) in [7, 11) is 0. The Morgan fingerprint density at radius 1 is 1.43 bits per heavy atom. The lowest BCUT2D eigenvalue weighted by molar-refractivity contribution is -0.385. The summed E-state index contributed by atoms with van der Waals surface area (Å²) in [5.41, 5.74) is -0.220. The molecule has 10 heteroatoms. The van der Waals surface area contributed by atoms with Gasteiger partial charge in [-0.1, -0.05) is 22.9 Å². The van der Waals surface area contributed by atoms with E-state index in [1.165, 1.54) is 11.8 Å². The molecule has 0 aromatic carbocycles. The number of hydrogen-bond donors (Lipinski definition) is 0. The molecule has 1 saturated heterocycles. The molecule has 0 amide bonds. The maximum absolute atomic E-state index is 11.4. The second-order valence-electron chi connectivity index (χ2n) is 4.21. The third-order valence-electron chi connectivity index (χ3n) is 2.94. The largest absolute Gasteiger partial charge is 0.616 e. The summed E-state index contributed by atoms with van der Waals surface area (Å²) < 4.78 is 16.7. The van der Waals surface area contributed by atoms with Gasteiger partial charge in [0.05, 0.1) is 24.6 Å². The average molecular weight is 332 g/mol. The van der Waals surface area contributed by atoms with Crippen molar-refractivity contribution >= 4 is 34.4 Å². The van der Waals surface area contributed by atoms with Gasteiger partial charge < -0.3 is 14.2 Å². The number of aromatic nitrogens is 2. The van der Waals surface area contributed by atoms with Crippen molar-refractivity contribution in [1.82, 2.24) is 9.97 Å². The molecule has 1 aromatic rings. The highest BCUT2D eigenvalue weighted by atomic mass is 32.2. The lowest BCUT2D eigenvalue weighted by Crippen LogP contribution is -2.41. The van der Waals surface area contributed by atoms with Crippen LogP contribution in [-0.2, 0) is 11.2 Å². The molecule has 0 spiro atoms. The van der Waals surface area contributed by atoms with Gasteiger partial charge in [0.15, 0.2) is 5.16 Å². The van der Waals surface area contributed by atoms with E-state index in [0.29, 0.717) is 29.8 Å². The fraction of sp³-hybridized carbons (Fsp3) is 0.636. The first-order valence-electron chi connectivity index (χ1n) is 6.40. The van der Waals surface area contributed by atoms with E-state index in [1.54, 1.807) is 18.1 Å². The first-order chi connectivity index (χ1) is 10.1. The van der Waals surface area contributed by atoms with Gasteiger partial charge in [-0.2, -0.15) is 9.97 Å². The molecule has 8 nitrogen and oxygen atoms in total. The molecule has 116 valence electrons. The van der Waals surface area contributed by atoms with Gasteiger partial charge in [0.2, 0.25) is 5.82 Å². The normalized spacial score (nSPS) is 16.0. The third kappa shape index (κ3) is 3.69. The van der Waals surface area contributed by atoms with Gasteiger partial charge in [-0.15, -0.1) is 0 Å². The molecule has 0 N–H and O–H groups in total. The van der Waals surface area contributed by atoms with Crippen LogP contribution in [0.25, 0.3) is 0 Å².